The quantitative estimate of drug-likeness (QED) is 0.791. The molecule has 2 unspecified atom stereocenters. The number of rotatable bonds is 4. The minimum Gasteiger partial charge on any atom is -0.313 e. The number of nitrogens with one attached hydrogen (secondary N) is 1. The summed E-state index contributed by atoms with van der Waals surface area (Å²) in [4.78, 5) is 0. The van der Waals surface area contributed by atoms with Gasteiger partial charge in [-0.1, -0.05) is 39.0 Å². The Morgan fingerprint density at radius 2 is 1.93 bits per heavy atom. The Hall–Kier alpha value is 0.310. The third-order valence-corrected chi connectivity index (χ3v) is 5.28. The van der Waals surface area contributed by atoms with Crippen molar-refractivity contribution in [3.8, 4) is 0 Å². The molecule has 0 aromatic heterocycles. The smallest absolute Gasteiger partial charge is 0.0194 e. The summed E-state index contributed by atoms with van der Waals surface area (Å²) < 4.78 is 0. The largest absolute Gasteiger partial charge is 0.313 e. The van der Waals surface area contributed by atoms with E-state index < -0.39 is 0 Å². The number of hydrogen-bond donors (Lipinski definition) is 1. The highest BCUT2D eigenvalue weighted by molar-refractivity contribution is 7.99. The maximum absolute atomic E-state index is 3.66. The molecule has 2 rings (SSSR count). The molecule has 0 radical (unpaired) electrons. The highest BCUT2D eigenvalue weighted by Crippen LogP contribution is 2.35. The summed E-state index contributed by atoms with van der Waals surface area (Å²) >= 11 is 2.16. The maximum atomic E-state index is 3.66. The molecule has 0 spiro atoms. The van der Waals surface area contributed by atoms with E-state index in [0.29, 0.717) is 0 Å². The highest BCUT2D eigenvalue weighted by atomic mass is 32.2. The summed E-state index contributed by atoms with van der Waals surface area (Å²) in [7, 11) is 0. The van der Waals surface area contributed by atoms with E-state index in [1.807, 2.05) is 0 Å². The van der Waals surface area contributed by atoms with Crippen molar-refractivity contribution in [2.24, 2.45) is 11.8 Å². The summed E-state index contributed by atoms with van der Waals surface area (Å²) in [6, 6.07) is 0.821. The fraction of sp³-hybridized carbons (Fsp3) is 1.00. The average Bonchev–Trinajstić information content (AvgIpc) is 2.68. The predicted molar refractivity (Wildman–Crippen MR) is 69.5 cm³/mol. The molecular weight excluding hydrogens is 202 g/mol. The minimum atomic E-state index is 0.821. The predicted octanol–water partition coefficient (Wildman–Crippen LogP) is 3.30. The van der Waals surface area contributed by atoms with Gasteiger partial charge in [-0.25, -0.2) is 0 Å². The Labute approximate surface area is 98.8 Å². The van der Waals surface area contributed by atoms with Gasteiger partial charge >= 0.3 is 0 Å². The molecule has 2 aliphatic rings. The minimum absolute atomic E-state index is 0.821. The lowest BCUT2D eigenvalue weighted by atomic mass is 9.81. The van der Waals surface area contributed by atoms with Crippen molar-refractivity contribution >= 4 is 11.8 Å². The van der Waals surface area contributed by atoms with Crippen molar-refractivity contribution in [3.63, 3.8) is 0 Å². The van der Waals surface area contributed by atoms with Crippen LogP contribution in [-0.4, -0.2) is 24.1 Å². The van der Waals surface area contributed by atoms with Crippen LogP contribution in [0.3, 0.4) is 0 Å². The van der Waals surface area contributed by atoms with Crippen LogP contribution in [0, 0.1) is 11.8 Å². The van der Waals surface area contributed by atoms with Gasteiger partial charge < -0.3 is 5.32 Å². The molecule has 0 amide bonds. The van der Waals surface area contributed by atoms with Gasteiger partial charge in [-0.2, -0.15) is 11.8 Å². The molecule has 1 heterocycles. The van der Waals surface area contributed by atoms with Crippen LogP contribution < -0.4 is 5.32 Å². The molecule has 2 heteroatoms. The Kier molecular flexibility index (Phi) is 4.83. The summed E-state index contributed by atoms with van der Waals surface area (Å²) in [5.74, 6) is 4.79. The first-order valence-corrected chi connectivity index (χ1v) is 7.86. The second kappa shape index (κ2) is 6.15. The maximum Gasteiger partial charge on any atom is 0.0194 e. The average molecular weight is 227 g/mol. The zero-order chi connectivity index (χ0) is 10.5. The lowest BCUT2D eigenvalue weighted by molar-refractivity contribution is 0.275. The SMILES string of the molecule is CCNC1CSCC1CC1CCCCC1. The molecule has 2 fully saturated rings. The van der Waals surface area contributed by atoms with Crippen molar-refractivity contribution in [1.29, 1.82) is 0 Å². The standard InChI is InChI=1S/C13H25NS/c1-2-14-13-10-15-9-12(13)8-11-6-4-3-5-7-11/h11-14H,2-10H2,1H3. The van der Waals surface area contributed by atoms with Crippen LogP contribution in [0.5, 0.6) is 0 Å². The van der Waals surface area contributed by atoms with Gasteiger partial charge in [0.05, 0.1) is 0 Å². The summed E-state index contributed by atoms with van der Waals surface area (Å²) in [6.45, 7) is 3.38. The van der Waals surface area contributed by atoms with Gasteiger partial charge in [0.25, 0.3) is 0 Å². The van der Waals surface area contributed by atoms with Crippen molar-refractivity contribution in [2.75, 3.05) is 18.1 Å². The van der Waals surface area contributed by atoms with Gasteiger partial charge in [-0.3, -0.25) is 0 Å². The van der Waals surface area contributed by atoms with E-state index in [1.54, 1.807) is 0 Å². The lowest BCUT2D eigenvalue weighted by Gasteiger charge is -2.27. The van der Waals surface area contributed by atoms with E-state index in [2.05, 4.69) is 24.0 Å². The topological polar surface area (TPSA) is 12.0 Å². The van der Waals surface area contributed by atoms with E-state index in [4.69, 9.17) is 0 Å². The molecule has 1 N–H and O–H groups in total. The van der Waals surface area contributed by atoms with E-state index in [0.717, 1.165) is 24.4 Å². The van der Waals surface area contributed by atoms with Crippen LogP contribution in [-0.2, 0) is 0 Å². The molecule has 1 saturated heterocycles. The van der Waals surface area contributed by atoms with Crippen molar-refractivity contribution in [3.05, 3.63) is 0 Å². The third kappa shape index (κ3) is 3.39. The van der Waals surface area contributed by atoms with E-state index >= 15 is 0 Å². The third-order valence-electron chi connectivity index (χ3n) is 4.03. The molecule has 88 valence electrons. The number of hydrogen-bond acceptors (Lipinski definition) is 2. The zero-order valence-corrected chi connectivity index (χ0v) is 10.8. The fourth-order valence-corrected chi connectivity index (χ4v) is 4.62. The second-order valence-electron chi connectivity index (χ2n) is 5.20. The van der Waals surface area contributed by atoms with Crippen molar-refractivity contribution in [2.45, 2.75) is 51.5 Å². The van der Waals surface area contributed by atoms with Crippen molar-refractivity contribution < 1.29 is 0 Å². The first kappa shape index (κ1) is 11.8. The molecule has 0 bridgehead atoms. The van der Waals surface area contributed by atoms with Gasteiger partial charge in [0, 0.05) is 11.8 Å². The van der Waals surface area contributed by atoms with E-state index in [9.17, 15) is 0 Å². The summed E-state index contributed by atoms with van der Waals surface area (Å²) in [5, 5.41) is 3.66. The van der Waals surface area contributed by atoms with Crippen LogP contribution in [0.2, 0.25) is 0 Å². The van der Waals surface area contributed by atoms with Crippen LogP contribution in [0.4, 0.5) is 0 Å². The van der Waals surface area contributed by atoms with Gasteiger partial charge in [-0.05, 0) is 30.6 Å². The van der Waals surface area contributed by atoms with Crippen LogP contribution in [0.15, 0.2) is 0 Å². The lowest BCUT2D eigenvalue weighted by Crippen LogP contribution is -2.36. The summed E-state index contributed by atoms with van der Waals surface area (Å²) in [5.41, 5.74) is 0. The molecule has 0 aromatic rings. The molecule has 1 aliphatic heterocycles. The Morgan fingerprint density at radius 3 is 2.67 bits per heavy atom. The Balaban J connectivity index is 1.76. The molecule has 1 nitrogen and oxygen atoms in total. The van der Waals surface area contributed by atoms with Crippen LogP contribution in [0.25, 0.3) is 0 Å². The van der Waals surface area contributed by atoms with Gasteiger partial charge in [0.15, 0.2) is 0 Å². The monoisotopic (exact) mass is 227 g/mol. The van der Waals surface area contributed by atoms with E-state index in [-0.39, 0.29) is 0 Å². The van der Waals surface area contributed by atoms with Crippen LogP contribution in [0.1, 0.15) is 45.4 Å². The summed E-state index contributed by atoms with van der Waals surface area (Å²) in [6.07, 6.45) is 9.02. The van der Waals surface area contributed by atoms with Gasteiger partial charge in [0.1, 0.15) is 0 Å². The highest BCUT2D eigenvalue weighted by Gasteiger charge is 2.29. The molecule has 15 heavy (non-hydrogen) atoms. The molecular formula is C13H25NS. The molecule has 2 atom stereocenters. The zero-order valence-electron chi connectivity index (χ0n) is 10.0. The van der Waals surface area contributed by atoms with Crippen molar-refractivity contribution in [1.82, 2.24) is 5.32 Å². The normalized spacial score (nSPS) is 33.4. The van der Waals surface area contributed by atoms with Gasteiger partial charge in [0.2, 0.25) is 0 Å². The molecule has 1 saturated carbocycles. The first-order valence-electron chi connectivity index (χ1n) is 6.71. The molecule has 1 aliphatic carbocycles. The van der Waals surface area contributed by atoms with Gasteiger partial charge in [-0.15, -0.1) is 0 Å². The fourth-order valence-electron chi connectivity index (χ4n) is 3.17. The first-order chi connectivity index (χ1) is 7.40. The molecule has 0 aromatic carbocycles. The Morgan fingerprint density at radius 1 is 1.13 bits per heavy atom. The Bertz CT molecular complexity index is 177. The van der Waals surface area contributed by atoms with Crippen LogP contribution >= 0.6 is 11.8 Å². The second-order valence-corrected chi connectivity index (χ2v) is 6.28. The van der Waals surface area contributed by atoms with E-state index in [1.165, 1.54) is 50.0 Å². The number of thioether (sulfide) groups is 1.